The van der Waals surface area contributed by atoms with Gasteiger partial charge in [0.1, 0.15) is 0 Å². The molecular formula is C21H23NO2. The average molecular weight is 321 g/mol. The summed E-state index contributed by atoms with van der Waals surface area (Å²) in [5, 5.41) is 18.5. The summed E-state index contributed by atoms with van der Waals surface area (Å²) >= 11 is 0. The van der Waals surface area contributed by atoms with E-state index in [4.69, 9.17) is 5.26 Å². The lowest BCUT2D eigenvalue weighted by molar-refractivity contribution is 0.0695. The van der Waals surface area contributed by atoms with Crippen LogP contribution in [-0.2, 0) is 0 Å². The maximum Gasteiger partial charge on any atom is 0.335 e. The summed E-state index contributed by atoms with van der Waals surface area (Å²) in [6, 6.07) is 16.9. The number of hydrogen-bond acceptors (Lipinski definition) is 2. The minimum atomic E-state index is -0.891. The van der Waals surface area contributed by atoms with Gasteiger partial charge in [0.05, 0.1) is 17.2 Å². The third-order valence-corrected chi connectivity index (χ3v) is 4.36. The third-order valence-electron chi connectivity index (χ3n) is 4.36. The summed E-state index contributed by atoms with van der Waals surface area (Å²) in [4.78, 5) is 11.6. The van der Waals surface area contributed by atoms with Crippen LogP contribution in [0.4, 0.5) is 0 Å². The number of benzene rings is 2. The van der Waals surface area contributed by atoms with E-state index in [-0.39, 0.29) is 5.92 Å². The van der Waals surface area contributed by atoms with E-state index in [2.05, 4.69) is 13.0 Å². The molecule has 0 amide bonds. The van der Waals surface area contributed by atoms with Gasteiger partial charge in [-0.1, -0.05) is 62.9 Å². The molecule has 0 aliphatic rings. The molecule has 0 saturated carbocycles. The molecule has 2 aromatic rings. The number of nitriles is 1. The van der Waals surface area contributed by atoms with Crippen LogP contribution in [0.5, 0.6) is 0 Å². The molecule has 1 unspecified atom stereocenters. The predicted octanol–water partition coefficient (Wildman–Crippen LogP) is 5.36. The van der Waals surface area contributed by atoms with Crippen LogP contribution in [0.3, 0.4) is 0 Å². The van der Waals surface area contributed by atoms with Crippen LogP contribution in [-0.4, -0.2) is 11.1 Å². The number of rotatable bonds is 8. The Balaban J connectivity index is 2.35. The van der Waals surface area contributed by atoms with Gasteiger partial charge in [-0.05, 0) is 35.7 Å². The first-order chi connectivity index (χ1) is 11.7. The van der Waals surface area contributed by atoms with E-state index in [9.17, 15) is 9.90 Å². The Labute approximate surface area is 143 Å². The summed E-state index contributed by atoms with van der Waals surface area (Å²) in [5.41, 5.74) is 2.91. The van der Waals surface area contributed by atoms with Crippen molar-refractivity contribution in [2.45, 2.75) is 44.9 Å². The van der Waals surface area contributed by atoms with Gasteiger partial charge in [-0.25, -0.2) is 4.79 Å². The second-order valence-electron chi connectivity index (χ2n) is 6.03. The second-order valence-corrected chi connectivity index (χ2v) is 6.03. The quantitative estimate of drug-likeness (QED) is 0.666. The second kappa shape index (κ2) is 8.88. The standard InChI is InChI=1S/C21H23NO2/c1-2-3-4-5-8-18(17-13-11-16(15-22)12-14-17)19-9-6-7-10-20(19)21(23)24/h6-7,9-14,18H,2-5,8H2,1H3,(H,23,24). The van der Waals surface area contributed by atoms with E-state index in [1.54, 1.807) is 24.3 Å². The lowest BCUT2D eigenvalue weighted by atomic mass is 9.84. The fourth-order valence-electron chi connectivity index (χ4n) is 3.06. The van der Waals surface area contributed by atoms with Gasteiger partial charge in [0.25, 0.3) is 0 Å². The van der Waals surface area contributed by atoms with E-state index in [0.717, 1.165) is 30.4 Å². The molecule has 0 heterocycles. The van der Waals surface area contributed by atoms with Gasteiger partial charge in [0.2, 0.25) is 0 Å². The lowest BCUT2D eigenvalue weighted by Crippen LogP contribution is -2.09. The summed E-state index contributed by atoms with van der Waals surface area (Å²) in [5.74, 6) is -0.847. The first-order valence-electron chi connectivity index (χ1n) is 8.49. The minimum Gasteiger partial charge on any atom is -0.478 e. The van der Waals surface area contributed by atoms with Crippen molar-refractivity contribution in [1.82, 2.24) is 0 Å². The molecule has 0 bridgehead atoms. The zero-order valence-corrected chi connectivity index (χ0v) is 14.0. The topological polar surface area (TPSA) is 61.1 Å². The molecule has 0 aliphatic carbocycles. The molecule has 3 nitrogen and oxygen atoms in total. The van der Waals surface area contributed by atoms with E-state index in [1.807, 2.05) is 24.3 Å². The Morgan fingerprint density at radius 3 is 2.42 bits per heavy atom. The highest BCUT2D eigenvalue weighted by Gasteiger charge is 2.20. The molecular weight excluding hydrogens is 298 g/mol. The number of carboxylic acid groups (broad SMARTS) is 1. The fourth-order valence-corrected chi connectivity index (χ4v) is 3.06. The Morgan fingerprint density at radius 2 is 1.79 bits per heavy atom. The van der Waals surface area contributed by atoms with Crippen LogP contribution in [0.1, 0.15) is 72.0 Å². The summed E-state index contributed by atoms with van der Waals surface area (Å²) in [7, 11) is 0. The maximum absolute atomic E-state index is 11.6. The van der Waals surface area contributed by atoms with Crippen molar-refractivity contribution in [3.05, 3.63) is 70.8 Å². The molecule has 0 fully saturated rings. The highest BCUT2D eigenvalue weighted by atomic mass is 16.4. The maximum atomic E-state index is 11.6. The molecule has 0 radical (unpaired) electrons. The van der Waals surface area contributed by atoms with Crippen molar-refractivity contribution in [3.8, 4) is 6.07 Å². The number of aromatic carboxylic acids is 1. The first-order valence-corrected chi connectivity index (χ1v) is 8.49. The third kappa shape index (κ3) is 4.45. The van der Waals surface area contributed by atoms with Gasteiger partial charge in [-0.2, -0.15) is 5.26 Å². The van der Waals surface area contributed by atoms with E-state index >= 15 is 0 Å². The monoisotopic (exact) mass is 321 g/mol. The van der Waals surface area contributed by atoms with Crippen molar-refractivity contribution < 1.29 is 9.90 Å². The highest BCUT2D eigenvalue weighted by molar-refractivity contribution is 5.89. The smallest absolute Gasteiger partial charge is 0.335 e. The molecule has 0 saturated heterocycles. The molecule has 24 heavy (non-hydrogen) atoms. The Kier molecular flexibility index (Phi) is 6.57. The van der Waals surface area contributed by atoms with Crippen LogP contribution in [0.15, 0.2) is 48.5 Å². The Hall–Kier alpha value is -2.60. The fraction of sp³-hybridized carbons (Fsp3) is 0.333. The molecule has 2 aromatic carbocycles. The van der Waals surface area contributed by atoms with Crippen molar-refractivity contribution >= 4 is 5.97 Å². The Bertz CT molecular complexity index is 713. The summed E-state index contributed by atoms with van der Waals surface area (Å²) in [6.45, 7) is 2.18. The molecule has 124 valence electrons. The molecule has 1 N–H and O–H groups in total. The SMILES string of the molecule is CCCCCCC(c1ccc(C#N)cc1)c1ccccc1C(=O)O. The van der Waals surface area contributed by atoms with E-state index in [1.165, 1.54) is 12.8 Å². The largest absolute Gasteiger partial charge is 0.478 e. The van der Waals surface area contributed by atoms with E-state index in [0.29, 0.717) is 11.1 Å². The van der Waals surface area contributed by atoms with Gasteiger partial charge >= 0.3 is 5.97 Å². The minimum absolute atomic E-state index is 0.0434. The predicted molar refractivity (Wildman–Crippen MR) is 95.2 cm³/mol. The zero-order chi connectivity index (χ0) is 17.4. The molecule has 0 aromatic heterocycles. The first kappa shape index (κ1) is 17.7. The number of hydrogen-bond donors (Lipinski definition) is 1. The number of carboxylic acids is 1. The zero-order valence-electron chi connectivity index (χ0n) is 14.0. The number of nitrogens with zero attached hydrogens (tertiary/aromatic N) is 1. The van der Waals surface area contributed by atoms with Crippen LogP contribution >= 0.6 is 0 Å². The Morgan fingerprint density at radius 1 is 1.08 bits per heavy atom. The molecule has 0 spiro atoms. The molecule has 3 heteroatoms. The van der Waals surface area contributed by atoms with Gasteiger partial charge in [-0.3, -0.25) is 0 Å². The van der Waals surface area contributed by atoms with Crippen LogP contribution in [0.2, 0.25) is 0 Å². The number of carbonyl (C=O) groups is 1. The van der Waals surface area contributed by atoms with Crippen LogP contribution in [0, 0.1) is 11.3 Å². The summed E-state index contributed by atoms with van der Waals surface area (Å²) < 4.78 is 0. The van der Waals surface area contributed by atoms with Gasteiger partial charge in [0.15, 0.2) is 0 Å². The van der Waals surface area contributed by atoms with Gasteiger partial charge in [0, 0.05) is 5.92 Å². The van der Waals surface area contributed by atoms with Crippen molar-refractivity contribution in [1.29, 1.82) is 5.26 Å². The summed E-state index contributed by atoms with van der Waals surface area (Å²) in [6.07, 6.45) is 5.50. The van der Waals surface area contributed by atoms with Gasteiger partial charge < -0.3 is 5.11 Å². The van der Waals surface area contributed by atoms with Crippen molar-refractivity contribution in [2.75, 3.05) is 0 Å². The van der Waals surface area contributed by atoms with Crippen molar-refractivity contribution in [3.63, 3.8) is 0 Å². The molecule has 0 aliphatic heterocycles. The normalized spacial score (nSPS) is 11.7. The lowest BCUT2D eigenvalue weighted by Gasteiger charge is -2.20. The molecule has 1 atom stereocenters. The number of unbranched alkanes of at least 4 members (excludes halogenated alkanes) is 3. The van der Waals surface area contributed by atoms with E-state index < -0.39 is 5.97 Å². The average Bonchev–Trinajstić information content (AvgIpc) is 2.62. The van der Waals surface area contributed by atoms with Crippen molar-refractivity contribution in [2.24, 2.45) is 0 Å². The van der Waals surface area contributed by atoms with Gasteiger partial charge in [-0.15, -0.1) is 0 Å². The van der Waals surface area contributed by atoms with Crippen LogP contribution in [0.25, 0.3) is 0 Å². The highest BCUT2D eigenvalue weighted by Crippen LogP contribution is 2.32. The molecule has 2 rings (SSSR count). The van der Waals surface area contributed by atoms with Crippen LogP contribution < -0.4 is 0 Å².